The quantitative estimate of drug-likeness (QED) is 0.653. The predicted molar refractivity (Wildman–Crippen MR) is 63.7 cm³/mol. The van der Waals surface area contributed by atoms with Gasteiger partial charge in [-0.1, -0.05) is 6.92 Å². The molecule has 0 aliphatic rings. The fraction of sp³-hybridized carbons (Fsp3) is 0.909. The molecule has 4 heteroatoms. The van der Waals surface area contributed by atoms with Crippen molar-refractivity contribution in [1.82, 2.24) is 10.2 Å². The lowest BCUT2D eigenvalue weighted by atomic mass is 10.0. The average molecular weight is 215 g/mol. The third-order valence-electron chi connectivity index (χ3n) is 2.86. The van der Waals surface area contributed by atoms with Crippen LogP contribution in [-0.4, -0.2) is 42.5 Å². The lowest BCUT2D eigenvalue weighted by Gasteiger charge is -2.35. The van der Waals surface area contributed by atoms with Crippen molar-refractivity contribution in [3.8, 4) is 0 Å². The number of amides is 1. The fourth-order valence-electron chi connectivity index (χ4n) is 1.49. The van der Waals surface area contributed by atoms with Gasteiger partial charge in [-0.15, -0.1) is 0 Å². The second-order valence-corrected chi connectivity index (χ2v) is 4.51. The molecule has 0 radical (unpaired) electrons. The predicted octanol–water partition coefficient (Wildman–Crippen LogP) is 0.570. The molecule has 1 amide bonds. The van der Waals surface area contributed by atoms with E-state index in [9.17, 15) is 4.79 Å². The molecular formula is C11H25N3O. The van der Waals surface area contributed by atoms with Crippen molar-refractivity contribution in [2.45, 2.75) is 45.7 Å². The molecule has 0 bridgehead atoms. The third-order valence-corrected chi connectivity index (χ3v) is 2.86. The first-order chi connectivity index (χ1) is 6.87. The standard InChI is InChI=1S/C11H25N3O/c1-6-7-14(9(2)3)8-11(4,13-5)10(12)15/h9,13H,6-8H2,1-5H3,(H2,12,15). The van der Waals surface area contributed by atoms with Gasteiger partial charge >= 0.3 is 0 Å². The van der Waals surface area contributed by atoms with E-state index in [1.165, 1.54) is 0 Å². The molecule has 0 aromatic rings. The molecule has 90 valence electrons. The Morgan fingerprint density at radius 2 is 2.07 bits per heavy atom. The summed E-state index contributed by atoms with van der Waals surface area (Å²) in [7, 11) is 1.77. The smallest absolute Gasteiger partial charge is 0.238 e. The van der Waals surface area contributed by atoms with Crippen LogP contribution in [0, 0.1) is 0 Å². The van der Waals surface area contributed by atoms with Gasteiger partial charge < -0.3 is 11.1 Å². The van der Waals surface area contributed by atoms with Crippen LogP contribution in [0.5, 0.6) is 0 Å². The Kier molecular flexibility index (Phi) is 5.83. The summed E-state index contributed by atoms with van der Waals surface area (Å²) in [6, 6.07) is 0.428. The van der Waals surface area contributed by atoms with Gasteiger partial charge in [0.15, 0.2) is 0 Å². The van der Waals surface area contributed by atoms with Crippen molar-refractivity contribution in [1.29, 1.82) is 0 Å². The van der Waals surface area contributed by atoms with E-state index >= 15 is 0 Å². The highest BCUT2D eigenvalue weighted by atomic mass is 16.1. The maximum absolute atomic E-state index is 11.3. The number of likely N-dealkylation sites (N-methyl/N-ethyl adjacent to an activating group) is 1. The van der Waals surface area contributed by atoms with Crippen LogP contribution in [0.3, 0.4) is 0 Å². The summed E-state index contributed by atoms with van der Waals surface area (Å²) in [6.07, 6.45) is 1.08. The van der Waals surface area contributed by atoms with E-state index in [-0.39, 0.29) is 5.91 Å². The molecule has 0 saturated heterocycles. The highest BCUT2D eigenvalue weighted by molar-refractivity contribution is 5.84. The number of nitrogens with one attached hydrogen (secondary N) is 1. The summed E-state index contributed by atoms with van der Waals surface area (Å²) < 4.78 is 0. The van der Waals surface area contributed by atoms with Crippen molar-refractivity contribution in [2.75, 3.05) is 20.1 Å². The molecule has 3 N–H and O–H groups in total. The van der Waals surface area contributed by atoms with Crippen LogP contribution < -0.4 is 11.1 Å². The zero-order valence-electron chi connectivity index (χ0n) is 10.6. The molecule has 0 aromatic heterocycles. The van der Waals surface area contributed by atoms with Gasteiger partial charge in [0.1, 0.15) is 5.54 Å². The first kappa shape index (κ1) is 14.4. The first-order valence-electron chi connectivity index (χ1n) is 5.60. The number of carbonyl (C=O) groups excluding carboxylic acids is 1. The van der Waals surface area contributed by atoms with E-state index in [2.05, 4.69) is 31.0 Å². The Morgan fingerprint density at radius 1 is 1.53 bits per heavy atom. The summed E-state index contributed by atoms with van der Waals surface area (Å²) >= 11 is 0. The molecule has 0 rings (SSSR count). The van der Waals surface area contributed by atoms with E-state index < -0.39 is 5.54 Å². The van der Waals surface area contributed by atoms with Crippen LogP contribution >= 0.6 is 0 Å². The monoisotopic (exact) mass is 215 g/mol. The van der Waals surface area contributed by atoms with Crippen molar-refractivity contribution < 1.29 is 4.79 Å². The largest absolute Gasteiger partial charge is 0.368 e. The lowest BCUT2D eigenvalue weighted by molar-refractivity contribution is -0.124. The van der Waals surface area contributed by atoms with Crippen molar-refractivity contribution in [3.63, 3.8) is 0 Å². The molecule has 4 nitrogen and oxygen atoms in total. The SMILES string of the molecule is CCCN(CC(C)(NC)C(N)=O)C(C)C. The molecular weight excluding hydrogens is 190 g/mol. The molecule has 1 unspecified atom stereocenters. The maximum atomic E-state index is 11.3. The van der Waals surface area contributed by atoms with Crippen LogP contribution in [0.2, 0.25) is 0 Å². The van der Waals surface area contributed by atoms with Gasteiger partial charge in [0.2, 0.25) is 5.91 Å². The summed E-state index contributed by atoms with van der Waals surface area (Å²) in [6.45, 7) is 9.89. The number of hydrogen-bond acceptors (Lipinski definition) is 3. The zero-order chi connectivity index (χ0) is 12.1. The molecule has 0 aliphatic carbocycles. The van der Waals surface area contributed by atoms with Crippen molar-refractivity contribution in [2.24, 2.45) is 5.73 Å². The average Bonchev–Trinajstić information content (AvgIpc) is 2.16. The number of primary amides is 1. The van der Waals surface area contributed by atoms with Gasteiger partial charge in [0.25, 0.3) is 0 Å². The van der Waals surface area contributed by atoms with Crippen LogP contribution in [0.15, 0.2) is 0 Å². The van der Waals surface area contributed by atoms with Gasteiger partial charge in [-0.3, -0.25) is 9.69 Å². The van der Waals surface area contributed by atoms with Gasteiger partial charge in [0.05, 0.1) is 0 Å². The van der Waals surface area contributed by atoms with E-state index in [0.717, 1.165) is 13.0 Å². The molecule has 0 fully saturated rings. The normalized spacial score (nSPS) is 15.7. The van der Waals surface area contributed by atoms with Gasteiger partial charge in [-0.2, -0.15) is 0 Å². The minimum absolute atomic E-state index is 0.299. The summed E-state index contributed by atoms with van der Waals surface area (Å²) in [5.41, 5.74) is 4.76. The number of nitrogens with two attached hydrogens (primary N) is 1. The topological polar surface area (TPSA) is 58.4 Å². The van der Waals surface area contributed by atoms with E-state index in [0.29, 0.717) is 12.6 Å². The second-order valence-electron chi connectivity index (χ2n) is 4.51. The Labute approximate surface area is 93.2 Å². The Hall–Kier alpha value is -0.610. The molecule has 0 aromatic carbocycles. The minimum Gasteiger partial charge on any atom is -0.368 e. The summed E-state index contributed by atoms with van der Waals surface area (Å²) in [5, 5.41) is 3.01. The molecule has 0 aliphatic heterocycles. The van der Waals surface area contributed by atoms with Gasteiger partial charge in [-0.25, -0.2) is 0 Å². The van der Waals surface area contributed by atoms with E-state index in [1.807, 2.05) is 6.92 Å². The number of rotatable bonds is 7. The molecule has 15 heavy (non-hydrogen) atoms. The highest BCUT2D eigenvalue weighted by Gasteiger charge is 2.31. The van der Waals surface area contributed by atoms with Crippen molar-refractivity contribution >= 4 is 5.91 Å². The van der Waals surface area contributed by atoms with Gasteiger partial charge in [-0.05, 0) is 40.8 Å². The molecule has 0 saturated carbocycles. The second kappa shape index (κ2) is 6.08. The molecule has 0 spiro atoms. The first-order valence-corrected chi connectivity index (χ1v) is 5.60. The Bertz CT molecular complexity index is 206. The van der Waals surface area contributed by atoms with Crippen LogP contribution in [0.1, 0.15) is 34.1 Å². The minimum atomic E-state index is -0.639. The summed E-state index contributed by atoms with van der Waals surface area (Å²) in [5.74, 6) is -0.299. The fourth-order valence-corrected chi connectivity index (χ4v) is 1.49. The van der Waals surface area contributed by atoms with E-state index in [1.54, 1.807) is 7.05 Å². The Balaban J connectivity index is 4.54. The zero-order valence-corrected chi connectivity index (χ0v) is 10.6. The lowest BCUT2D eigenvalue weighted by Crippen LogP contribution is -2.59. The van der Waals surface area contributed by atoms with Crippen LogP contribution in [0.25, 0.3) is 0 Å². The highest BCUT2D eigenvalue weighted by Crippen LogP contribution is 2.09. The van der Waals surface area contributed by atoms with Crippen LogP contribution in [-0.2, 0) is 4.79 Å². The van der Waals surface area contributed by atoms with E-state index in [4.69, 9.17) is 5.73 Å². The van der Waals surface area contributed by atoms with Crippen LogP contribution in [0.4, 0.5) is 0 Å². The number of carbonyl (C=O) groups is 1. The molecule has 0 heterocycles. The van der Waals surface area contributed by atoms with Gasteiger partial charge in [0, 0.05) is 12.6 Å². The third kappa shape index (κ3) is 4.18. The number of hydrogen-bond donors (Lipinski definition) is 2. The summed E-state index contributed by atoms with van der Waals surface area (Å²) in [4.78, 5) is 13.6. The van der Waals surface area contributed by atoms with Crippen molar-refractivity contribution in [3.05, 3.63) is 0 Å². The number of nitrogens with zero attached hydrogens (tertiary/aromatic N) is 1. The maximum Gasteiger partial charge on any atom is 0.238 e. The Morgan fingerprint density at radius 3 is 2.33 bits per heavy atom. The molecule has 1 atom stereocenters.